The van der Waals surface area contributed by atoms with E-state index in [4.69, 9.17) is 0 Å². The third kappa shape index (κ3) is 3.04. The molecule has 0 aliphatic heterocycles. The monoisotopic (exact) mass is 308 g/mol. The standard InChI is InChI=1S/C13H16N4OS2/c1-7(2)11-10(14-6-19-11)12(18)16-13-15-9(17-20-13)5-8-3-4-8/h6-8H,3-5H2,1-2H3,(H,15,16,17,18). The van der Waals surface area contributed by atoms with Crippen LogP contribution < -0.4 is 5.32 Å². The van der Waals surface area contributed by atoms with Crippen molar-refractivity contribution in [3.63, 3.8) is 0 Å². The summed E-state index contributed by atoms with van der Waals surface area (Å²) >= 11 is 2.76. The quantitative estimate of drug-likeness (QED) is 0.920. The molecule has 1 amide bonds. The smallest absolute Gasteiger partial charge is 0.277 e. The van der Waals surface area contributed by atoms with Crippen molar-refractivity contribution in [2.75, 3.05) is 5.32 Å². The fourth-order valence-corrected chi connectivity index (χ4v) is 3.35. The van der Waals surface area contributed by atoms with Crippen molar-refractivity contribution in [2.45, 2.75) is 39.0 Å². The molecule has 5 nitrogen and oxygen atoms in total. The molecule has 1 saturated carbocycles. The molecule has 1 fully saturated rings. The van der Waals surface area contributed by atoms with Gasteiger partial charge in [0.05, 0.1) is 5.51 Å². The average molecular weight is 308 g/mol. The van der Waals surface area contributed by atoms with Crippen molar-refractivity contribution in [3.8, 4) is 0 Å². The molecule has 0 radical (unpaired) electrons. The molecule has 0 spiro atoms. The lowest BCUT2D eigenvalue weighted by Crippen LogP contribution is -2.14. The first-order chi connectivity index (χ1) is 9.63. The molecule has 0 aromatic carbocycles. The summed E-state index contributed by atoms with van der Waals surface area (Å²) < 4.78 is 4.29. The summed E-state index contributed by atoms with van der Waals surface area (Å²) in [7, 11) is 0. The van der Waals surface area contributed by atoms with Crippen molar-refractivity contribution in [1.29, 1.82) is 0 Å². The zero-order valence-electron chi connectivity index (χ0n) is 11.4. The Morgan fingerprint density at radius 2 is 2.30 bits per heavy atom. The third-order valence-electron chi connectivity index (χ3n) is 3.19. The zero-order valence-corrected chi connectivity index (χ0v) is 13.1. The minimum atomic E-state index is -0.191. The summed E-state index contributed by atoms with van der Waals surface area (Å²) in [4.78, 5) is 21.7. The van der Waals surface area contributed by atoms with E-state index in [0.29, 0.717) is 16.7 Å². The van der Waals surface area contributed by atoms with Crippen molar-refractivity contribution in [2.24, 2.45) is 5.92 Å². The summed E-state index contributed by atoms with van der Waals surface area (Å²) in [5.74, 6) is 1.70. The Balaban J connectivity index is 1.68. The molecular formula is C13H16N4OS2. The highest BCUT2D eigenvalue weighted by Crippen LogP contribution is 2.32. The van der Waals surface area contributed by atoms with Crippen LogP contribution in [0.15, 0.2) is 5.51 Å². The number of carbonyl (C=O) groups excluding carboxylic acids is 1. The van der Waals surface area contributed by atoms with E-state index in [1.165, 1.54) is 35.7 Å². The predicted octanol–water partition coefficient (Wildman–Crippen LogP) is 3.32. The van der Waals surface area contributed by atoms with Crippen molar-refractivity contribution in [3.05, 3.63) is 21.9 Å². The fourth-order valence-electron chi connectivity index (χ4n) is 1.96. The number of nitrogens with zero attached hydrogens (tertiary/aromatic N) is 3. The average Bonchev–Trinajstić information content (AvgIpc) is 2.92. The van der Waals surface area contributed by atoms with Crippen LogP contribution in [0, 0.1) is 5.92 Å². The lowest BCUT2D eigenvalue weighted by atomic mass is 10.1. The number of amides is 1. The second-order valence-corrected chi connectivity index (χ2v) is 6.98. The van der Waals surface area contributed by atoms with Gasteiger partial charge in [0, 0.05) is 22.8 Å². The van der Waals surface area contributed by atoms with Crippen LogP contribution in [0.1, 0.15) is 53.8 Å². The van der Waals surface area contributed by atoms with E-state index in [9.17, 15) is 4.79 Å². The fraction of sp³-hybridized carbons (Fsp3) is 0.538. The van der Waals surface area contributed by atoms with Crippen molar-refractivity contribution < 1.29 is 4.79 Å². The van der Waals surface area contributed by atoms with Gasteiger partial charge in [0.25, 0.3) is 5.91 Å². The van der Waals surface area contributed by atoms with Gasteiger partial charge in [-0.2, -0.15) is 4.37 Å². The van der Waals surface area contributed by atoms with Gasteiger partial charge in [-0.05, 0) is 24.7 Å². The maximum absolute atomic E-state index is 12.2. The van der Waals surface area contributed by atoms with Gasteiger partial charge in [-0.1, -0.05) is 13.8 Å². The predicted molar refractivity (Wildman–Crippen MR) is 80.5 cm³/mol. The zero-order chi connectivity index (χ0) is 14.1. The molecule has 0 saturated heterocycles. The molecule has 106 valence electrons. The molecule has 7 heteroatoms. The number of hydrogen-bond acceptors (Lipinski definition) is 6. The lowest BCUT2D eigenvalue weighted by molar-refractivity contribution is 0.102. The Labute approximate surface area is 125 Å². The van der Waals surface area contributed by atoms with Gasteiger partial charge in [-0.15, -0.1) is 11.3 Å². The van der Waals surface area contributed by atoms with Crippen LogP contribution in [0.4, 0.5) is 5.13 Å². The number of carbonyl (C=O) groups is 1. The van der Waals surface area contributed by atoms with E-state index in [2.05, 4.69) is 33.5 Å². The normalized spacial score (nSPS) is 14.8. The molecule has 2 aromatic rings. The van der Waals surface area contributed by atoms with Crippen LogP contribution >= 0.6 is 22.9 Å². The lowest BCUT2D eigenvalue weighted by Gasteiger charge is -2.04. The van der Waals surface area contributed by atoms with Crippen molar-refractivity contribution >= 4 is 33.9 Å². The Kier molecular flexibility index (Phi) is 3.80. The summed E-state index contributed by atoms with van der Waals surface area (Å²) in [5.41, 5.74) is 2.21. The Bertz CT molecular complexity index is 615. The van der Waals surface area contributed by atoms with Gasteiger partial charge in [-0.3, -0.25) is 10.1 Å². The van der Waals surface area contributed by atoms with Crippen LogP contribution in [0.3, 0.4) is 0 Å². The maximum Gasteiger partial charge on any atom is 0.277 e. The third-order valence-corrected chi connectivity index (χ3v) is 4.99. The van der Waals surface area contributed by atoms with Crippen LogP contribution in [-0.2, 0) is 6.42 Å². The summed E-state index contributed by atoms with van der Waals surface area (Å²) in [6.45, 7) is 4.12. The first-order valence-electron chi connectivity index (χ1n) is 6.70. The van der Waals surface area contributed by atoms with Gasteiger partial charge in [0.15, 0.2) is 0 Å². The van der Waals surface area contributed by atoms with Crippen LogP contribution in [0.25, 0.3) is 0 Å². The van der Waals surface area contributed by atoms with Gasteiger partial charge in [-0.25, -0.2) is 9.97 Å². The van der Waals surface area contributed by atoms with Gasteiger partial charge in [0.1, 0.15) is 11.5 Å². The molecule has 0 atom stereocenters. The summed E-state index contributed by atoms with van der Waals surface area (Å²) in [6.07, 6.45) is 3.48. The molecule has 0 bridgehead atoms. The molecule has 3 rings (SSSR count). The van der Waals surface area contributed by atoms with Crippen LogP contribution in [-0.4, -0.2) is 20.2 Å². The molecule has 2 aromatic heterocycles. The van der Waals surface area contributed by atoms with E-state index in [1.807, 2.05) is 0 Å². The minimum Gasteiger partial charge on any atom is -0.295 e. The molecule has 1 aliphatic rings. The molecule has 1 N–H and O–H groups in total. The van der Waals surface area contributed by atoms with E-state index in [1.54, 1.807) is 5.51 Å². The van der Waals surface area contributed by atoms with Gasteiger partial charge < -0.3 is 0 Å². The number of nitrogens with one attached hydrogen (secondary N) is 1. The Morgan fingerprint density at radius 3 is 3.00 bits per heavy atom. The SMILES string of the molecule is CC(C)c1scnc1C(=O)Nc1nc(CC2CC2)ns1. The second kappa shape index (κ2) is 5.57. The van der Waals surface area contributed by atoms with E-state index < -0.39 is 0 Å². The number of thiazole rings is 1. The topological polar surface area (TPSA) is 67.8 Å². The molecular weight excluding hydrogens is 292 g/mol. The number of aromatic nitrogens is 3. The van der Waals surface area contributed by atoms with Crippen LogP contribution in [0.5, 0.6) is 0 Å². The molecule has 2 heterocycles. The first-order valence-corrected chi connectivity index (χ1v) is 8.36. The summed E-state index contributed by atoms with van der Waals surface area (Å²) in [5, 5.41) is 3.37. The highest BCUT2D eigenvalue weighted by Gasteiger charge is 2.24. The van der Waals surface area contributed by atoms with Crippen LogP contribution in [0.2, 0.25) is 0 Å². The number of rotatable bonds is 5. The Morgan fingerprint density at radius 1 is 1.50 bits per heavy atom. The minimum absolute atomic E-state index is 0.191. The highest BCUT2D eigenvalue weighted by atomic mass is 32.1. The Hall–Kier alpha value is -1.34. The number of anilines is 1. The van der Waals surface area contributed by atoms with Gasteiger partial charge in [0.2, 0.25) is 5.13 Å². The number of hydrogen-bond donors (Lipinski definition) is 1. The van der Waals surface area contributed by atoms with Gasteiger partial charge >= 0.3 is 0 Å². The highest BCUT2D eigenvalue weighted by molar-refractivity contribution is 7.10. The van der Waals surface area contributed by atoms with E-state index >= 15 is 0 Å². The second-order valence-electron chi connectivity index (χ2n) is 5.34. The molecule has 1 aliphatic carbocycles. The maximum atomic E-state index is 12.2. The largest absolute Gasteiger partial charge is 0.295 e. The summed E-state index contributed by atoms with van der Waals surface area (Å²) in [6, 6.07) is 0. The first kappa shape index (κ1) is 13.6. The van der Waals surface area contributed by atoms with E-state index in [0.717, 1.165) is 23.0 Å². The van der Waals surface area contributed by atoms with E-state index in [-0.39, 0.29) is 5.91 Å². The molecule has 0 unspecified atom stereocenters. The van der Waals surface area contributed by atoms with Crippen molar-refractivity contribution in [1.82, 2.24) is 14.3 Å². The molecule has 20 heavy (non-hydrogen) atoms.